The van der Waals surface area contributed by atoms with Crippen molar-refractivity contribution in [2.24, 2.45) is 0 Å². The van der Waals surface area contributed by atoms with Crippen LogP contribution in [0.5, 0.6) is 11.8 Å². The summed E-state index contributed by atoms with van der Waals surface area (Å²) >= 11 is 0. The van der Waals surface area contributed by atoms with Gasteiger partial charge in [-0.05, 0) is 44.2 Å². The zero-order valence-corrected chi connectivity index (χ0v) is 21.6. The molecule has 3 aromatic heterocycles. The van der Waals surface area contributed by atoms with Crippen LogP contribution in [0, 0.1) is 0 Å². The number of ether oxygens (including phenoxy) is 2. The highest BCUT2D eigenvalue weighted by molar-refractivity contribution is 5.77. The molecule has 0 saturated carbocycles. The summed E-state index contributed by atoms with van der Waals surface area (Å²) in [5.41, 5.74) is 0.469. The second-order valence-electron chi connectivity index (χ2n) is 9.29. The summed E-state index contributed by atoms with van der Waals surface area (Å²) in [6.45, 7) is 4.40. The largest absolute Gasteiger partial charge is 0.484 e. The van der Waals surface area contributed by atoms with E-state index in [-0.39, 0.29) is 41.3 Å². The molecule has 0 unspecified atom stereocenters. The maximum Gasteiger partial charge on any atom is 0.422 e. The molecule has 1 fully saturated rings. The van der Waals surface area contributed by atoms with E-state index in [1.165, 1.54) is 35.1 Å². The molecule has 4 aromatic rings. The molecule has 0 aliphatic carbocycles. The van der Waals surface area contributed by atoms with E-state index in [9.17, 15) is 18.0 Å². The molecular weight excluding hydrogens is 529 g/mol. The smallest absolute Gasteiger partial charge is 0.422 e. The van der Waals surface area contributed by atoms with Crippen molar-refractivity contribution in [3.63, 3.8) is 0 Å². The third-order valence-corrected chi connectivity index (χ3v) is 6.26. The zero-order valence-electron chi connectivity index (χ0n) is 21.6. The molecule has 210 valence electrons. The molecule has 1 aromatic carbocycles. The Morgan fingerprint density at radius 2 is 1.88 bits per heavy atom. The predicted octanol–water partition coefficient (Wildman–Crippen LogP) is 3.72. The Hall–Kier alpha value is -4.46. The summed E-state index contributed by atoms with van der Waals surface area (Å²) in [5, 5.41) is 3.26. The van der Waals surface area contributed by atoms with Crippen molar-refractivity contribution in [3.05, 3.63) is 65.7 Å². The number of alkyl halides is 3. The van der Waals surface area contributed by atoms with Gasteiger partial charge in [-0.2, -0.15) is 23.1 Å². The quantitative estimate of drug-likeness (QED) is 0.308. The van der Waals surface area contributed by atoms with Gasteiger partial charge in [0.15, 0.2) is 18.1 Å². The standard InChI is InChI=1S/C26H27F3N8O3/c1-3-12-36-23(38)20-15-31-24(32-17-4-6-18(7-5-17)39-16-26(27,28)29)34-22(20)37(36)21-8-11-30-25(33-21)40-19-9-13-35(2)14-10-19/h3-8,11,15,19H,1,9-10,12-14,16H2,2H3,(H,31,32,34). The number of allylic oxidation sites excluding steroid dienone is 1. The molecule has 4 heterocycles. The minimum atomic E-state index is -4.43. The van der Waals surface area contributed by atoms with Crippen molar-refractivity contribution in [2.75, 3.05) is 32.1 Å². The molecule has 1 saturated heterocycles. The first kappa shape index (κ1) is 27.1. The maximum atomic E-state index is 13.2. The molecule has 1 aliphatic heterocycles. The molecule has 14 heteroatoms. The van der Waals surface area contributed by atoms with E-state index in [1.54, 1.807) is 23.0 Å². The highest BCUT2D eigenvalue weighted by atomic mass is 19.4. The van der Waals surface area contributed by atoms with Gasteiger partial charge < -0.3 is 19.7 Å². The third-order valence-electron chi connectivity index (χ3n) is 6.26. The van der Waals surface area contributed by atoms with Crippen LogP contribution in [0.2, 0.25) is 0 Å². The number of aromatic nitrogens is 6. The topological polar surface area (TPSA) is 112 Å². The zero-order chi connectivity index (χ0) is 28.3. The Labute approximate surface area is 226 Å². The van der Waals surface area contributed by atoms with Gasteiger partial charge in [0.1, 0.15) is 17.2 Å². The van der Waals surface area contributed by atoms with E-state index in [1.807, 2.05) is 0 Å². The minimum Gasteiger partial charge on any atom is -0.484 e. The molecule has 1 aliphatic rings. The first-order valence-electron chi connectivity index (χ1n) is 12.5. The molecular formula is C26H27F3N8O3. The number of likely N-dealkylation sites (tertiary alicyclic amines) is 1. The SMILES string of the molecule is C=CCn1c(=O)c2cnc(Nc3ccc(OCC(F)(F)F)cc3)nc2n1-c1ccnc(OC2CCN(C)CC2)n1. The lowest BCUT2D eigenvalue weighted by molar-refractivity contribution is -0.153. The van der Waals surface area contributed by atoms with Crippen molar-refractivity contribution >= 4 is 22.7 Å². The van der Waals surface area contributed by atoms with E-state index in [0.29, 0.717) is 17.2 Å². The monoisotopic (exact) mass is 556 g/mol. The number of hydrogen-bond acceptors (Lipinski definition) is 9. The fourth-order valence-electron chi connectivity index (χ4n) is 4.30. The lowest BCUT2D eigenvalue weighted by atomic mass is 10.1. The van der Waals surface area contributed by atoms with Crippen LogP contribution >= 0.6 is 0 Å². The Morgan fingerprint density at radius 1 is 1.12 bits per heavy atom. The lowest BCUT2D eigenvalue weighted by Gasteiger charge is -2.28. The lowest BCUT2D eigenvalue weighted by Crippen LogP contribution is -2.36. The second kappa shape index (κ2) is 11.3. The van der Waals surface area contributed by atoms with Crippen LogP contribution in [-0.4, -0.2) is 73.2 Å². The van der Waals surface area contributed by atoms with Gasteiger partial charge in [0, 0.05) is 37.2 Å². The number of nitrogens with one attached hydrogen (secondary N) is 1. The van der Waals surface area contributed by atoms with Crippen LogP contribution in [-0.2, 0) is 6.54 Å². The Morgan fingerprint density at radius 3 is 2.58 bits per heavy atom. The molecule has 1 N–H and O–H groups in total. The van der Waals surface area contributed by atoms with Gasteiger partial charge >= 0.3 is 12.2 Å². The average molecular weight is 557 g/mol. The van der Waals surface area contributed by atoms with E-state index in [0.717, 1.165) is 25.9 Å². The van der Waals surface area contributed by atoms with Crippen LogP contribution < -0.4 is 20.3 Å². The molecule has 0 bridgehead atoms. The van der Waals surface area contributed by atoms with Crippen LogP contribution in [0.3, 0.4) is 0 Å². The molecule has 0 spiro atoms. The average Bonchev–Trinajstić information content (AvgIpc) is 3.20. The van der Waals surface area contributed by atoms with Gasteiger partial charge in [0.05, 0.1) is 6.54 Å². The molecule has 5 rings (SSSR count). The van der Waals surface area contributed by atoms with Crippen LogP contribution in [0.15, 0.2) is 60.2 Å². The Balaban J connectivity index is 1.44. The van der Waals surface area contributed by atoms with Gasteiger partial charge in [-0.15, -0.1) is 6.58 Å². The number of anilines is 2. The predicted molar refractivity (Wildman–Crippen MR) is 141 cm³/mol. The van der Waals surface area contributed by atoms with E-state index in [4.69, 9.17) is 9.47 Å². The fraction of sp³-hybridized carbons (Fsp3) is 0.346. The van der Waals surface area contributed by atoms with Gasteiger partial charge in [-0.25, -0.2) is 19.3 Å². The van der Waals surface area contributed by atoms with Gasteiger partial charge in [-0.3, -0.25) is 4.79 Å². The number of nitrogens with zero attached hydrogens (tertiary/aromatic N) is 7. The summed E-state index contributed by atoms with van der Waals surface area (Å²) in [7, 11) is 2.07. The molecule has 0 radical (unpaired) electrons. The van der Waals surface area contributed by atoms with Crippen molar-refractivity contribution < 1.29 is 22.6 Å². The Bertz CT molecular complexity index is 1540. The molecule has 0 amide bonds. The van der Waals surface area contributed by atoms with E-state index in [2.05, 4.69) is 43.8 Å². The maximum absolute atomic E-state index is 13.2. The Kier molecular flexibility index (Phi) is 7.69. The van der Waals surface area contributed by atoms with Crippen molar-refractivity contribution in [1.29, 1.82) is 0 Å². The fourth-order valence-corrected chi connectivity index (χ4v) is 4.30. The third kappa shape index (κ3) is 6.22. The van der Waals surface area contributed by atoms with Gasteiger partial charge in [0.25, 0.3) is 5.56 Å². The summed E-state index contributed by atoms with van der Waals surface area (Å²) in [6.07, 6.45) is 1.83. The molecule has 11 nitrogen and oxygen atoms in total. The number of piperidine rings is 1. The highest BCUT2D eigenvalue weighted by Gasteiger charge is 2.28. The van der Waals surface area contributed by atoms with Crippen LogP contribution in [0.4, 0.5) is 24.8 Å². The van der Waals surface area contributed by atoms with Crippen molar-refractivity contribution in [1.82, 2.24) is 34.2 Å². The van der Waals surface area contributed by atoms with E-state index < -0.39 is 12.8 Å². The number of hydrogen-bond donors (Lipinski definition) is 1. The highest BCUT2D eigenvalue weighted by Crippen LogP contribution is 2.23. The van der Waals surface area contributed by atoms with Crippen LogP contribution in [0.1, 0.15) is 12.8 Å². The summed E-state index contributed by atoms with van der Waals surface area (Å²) in [4.78, 5) is 33.1. The number of halogens is 3. The van der Waals surface area contributed by atoms with E-state index >= 15 is 0 Å². The molecule has 40 heavy (non-hydrogen) atoms. The van der Waals surface area contributed by atoms with Crippen molar-refractivity contribution in [2.45, 2.75) is 31.7 Å². The van der Waals surface area contributed by atoms with Gasteiger partial charge in [-0.1, -0.05) is 6.08 Å². The normalized spacial score (nSPS) is 14.8. The summed E-state index contributed by atoms with van der Waals surface area (Å²) in [6, 6.07) is 7.71. The van der Waals surface area contributed by atoms with Gasteiger partial charge in [0.2, 0.25) is 5.95 Å². The molecule has 0 atom stereocenters. The minimum absolute atomic E-state index is 0.00778. The number of benzene rings is 1. The summed E-state index contributed by atoms with van der Waals surface area (Å²) < 4.78 is 51.0. The number of fused-ring (bicyclic) bond motifs is 1. The summed E-state index contributed by atoms with van der Waals surface area (Å²) in [5.74, 6) is 0.608. The first-order chi connectivity index (χ1) is 19.2. The first-order valence-corrected chi connectivity index (χ1v) is 12.5. The number of rotatable bonds is 9. The van der Waals surface area contributed by atoms with Crippen LogP contribution in [0.25, 0.3) is 16.9 Å². The van der Waals surface area contributed by atoms with Crippen molar-refractivity contribution in [3.8, 4) is 17.6 Å². The second-order valence-corrected chi connectivity index (χ2v) is 9.29.